The summed E-state index contributed by atoms with van der Waals surface area (Å²) in [7, 11) is 0. The first-order valence-electron chi connectivity index (χ1n) is 7.17. The van der Waals surface area contributed by atoms with E-state index in [1.54, 1.807) is 0 Å². The van der Waals surface area contributed by atoms with E-state index in [4.69, 9.17) is 0 Å². The molecule has 1 heterocycles. The fourth-order valence-corrected chi connectivity index (χ4v) is 2.40. The summed E-state index contributed by atoms with van der Waals surface area (Å²) in [5.41, 5.74) is -1.45. The molecule has 0 bridgehead atoms. The van der Waals surface area contributed by atoms with Crippen LogP contribution in [0.5, 0.6) is 0 Å². The minimum absolute atomic E-state index is 0.146. The second-order valence-corrected chi connectivity index (χ2v) is 5.85. The monoisotopic (exact) mass is 277 g/mol. The quantitative estimate of drug-likeness (QED) is 0.697. The van der Waals surface area contributed by atoms with Gasteiger partial charge in [0.25, 0.3) is 0 Å². The lowest BCUT2D eigenvalue weighted by atomic mass is 10.4. The molecule has 0 aliphatic heterocycles. The van der Waals surface area contributed by atoms with E-state index in [9.17, 15) is 14.4 Å². The average molecular weight is 277 g/mol. The van der Waals surface area contributed by atoms with Crippen molar-refractivity contribution in [2.24, 2.45) is 11.8 Å². The molecule has 1 aromatic rings. The molecule has 0 N–H and O–H groups in total. The summed E-state index contributed by atoms with van der Waals surface area (Å²) in [5, 5.41) is 0. The summed E-state index contributed by atoms with van der Waals surface area (Å²) >= 11 is 0. The fraction of sp³-hybridized carbons (Fsp3) is 0.643. The standard InChI is InChI=1S/C14H19N3O3/c1-2-7-15-12(18)16(8-10-3-4-10)14(20)17(13(15)19)9-11-5-6-11/h2,10-11H,1,3-9H2. The summed E-state index contributed by atoms with van der Waals surface area (Å²) < 4.78 is 3.56. The maximum Gasteiger partial charge on any atom is 0.336 e. The van der Waals surface area contributed by atoms with Gasteiger partial charge in [-0.15, -0.1) is 6.58 Å². The molecule has 2 aliphatic carbocycles. The van der Waals surface area contributed by atoms with Crippen molar-refractivity contribution >= 4 is 0 Å². The Morgan fingerprint density at radius 2 is 1.25 bits per heavy atom. The van der Waals surface area contributed by atoms with Crippen molar-refractivity contribution in [2.75, 3.05) is 0 Å². The minimum atomic E-state index is -0.501. The molecule has 6 nitrogen and oxygen atoms in total. The Morgan fingerprint density at radius 3 is 1.60 bits per heavy atom. The van der Waals surface area contributed by atoms with E-state index in [1.165, 1.54) is 15.2 Å². The van der Waals surface area contributed by atoms with Gasteiger partial charge in [0.1, 0.15) is 0 Å². The molecule has 2 aliphatic rings. The Balaban J connectivity index is 2.13. The molecule has 0 radical (unpaired) electrons. The van der Waals surface area contributed by atoms with Gasteiger partial charge in [-0.1, -0.05) is 6.08 Å². The predicted molar refractivity (Wildman–Crippen MR) is 74.9 cm³/mol. The van der Waals surface area contributed by atoms with Crippen LogP contribution < -0.4 is 17.1 Å². The van der Waals surface area contributed by atoms with Gasteiger partial charge in [0.15, 0.2) is 0 Å². The van der Waals surface area contributed by atoms with Crippen molar-refractivity contribution in [1.29, 1.82) is 0 Å². The maximum atomic E-state index is 12.4. The highest BCUT2D eigenvalue weighted by Gasteiger charge is 2.28. The molecule has 3 rings (SSSR count). The Hall–Kier alpha value is -1.85. The minimum Gasteiger partial charge on any atom is -0.247 e. The predicted octanol–water partition coefficient (Wildman–Crippen LogP) is 0.178. The zero-order chi connectivity index (χ0) is 14.3. The van der Waals surface area contributed by atoms with E-state index in [-0.39, 0.29) is 6.54 Å². The molecule has 2 fully saturated rings. The second kappa shape index (κ2) is 4.92. The Bertz CT molecular complexity index is 650. The summed E-state index contributed by atoms with van der Waals surface area (Å²) in [6.07, 6.45) is 5.71. The highest BCUT2D eigenvalue weighted by atomic mass is 16.2. The Kier molecular flexibility index (Phi) is 3.23. The molecule has 20 heavy (non-hydrogen) atoms. The van der Waals surface area contributed by atoms with Gasteiger partial charge in [0, 0.05) is 13.1 Å². The zero-order valence-corrected chi connectivity index (χ0v) is 11.5. The maximum absolute atomic E-state index is 12.4. The van der Waals surface area contributed by atoms with Crippen LogP contribution in [0.4, 0.5) is 0 Å². The first-order valence-corrected chi connectivity index (χ1v) is 7.17. The molecule has 6 heteroatoms. The number of hydrogen-bond donors (Lipinski definition) is 0. The van der Waals surface area contributed by atoms with Crippen molar-refractivity contribution in [1.82, 2.24) is 13.7 Å². The van der Waals surface area contributed by atoms with Crippen LogP contribution >= 0.6 is 0 Å². The molecule has 1 aromatic heterocycles. The van der Waals surface area contributed by atoms with Crippen molar-refractivity contribution in [2.45, 2.75) is 45.3 Å². The van der Waals surface area contributed by atoms with Crippen LogP contribution in [0.25, 0.3) is 0 Å². The SMILES string of the molecule is C=CCn1c(=O)n(CC2CC2)c(=O)n(CC2CC2)c1=O. The number of hydrogen-bond acceptors (Lipinski definition) is 3. The van der Waals surface area contributed by atoms with Crippen LogP contribution in [0, 0.1) is 11.8 Å². The van der Waals surface area contributed by atoms with Crippen molar-refractivity contribution in [3.05, 3.63) is 44.1 Å². The van der Waals surface area contributed by atoms with Crippen LogP contribution in [0.15, 0.2) is 27.0 Å². The first kappa shape index (κ1) is 13.1. The third-order valence-corrected chi connectivity index (χ3v) is 3.97. The normalized spacial score (nSPS) is 18.2. The Labute approximate surface area is 116 Å². The lowest BCUT2D eigenvalue weighted by Gasteiger charge is -2.12. The van der Waals surface area contributed by atoms with Crippen molar-refractivity contribution < 1.29 is 0 Å². The van der Waals surface area contributed by atoms with Crippen LogP contribution in [-0.2, 0) is 19.6 Å². The summed E-state index contributed by atoms with van der Waals surface area (Å²) in [4.78, 5) is 36.9. The fourth-order valence-electron chi connectivity index (χ4n) is 2.40. The molecule has 0 atom stereocenters. The van der Waals surface area contributed by atoms with Crippen LogP contribution in [0.1, 0.15) is 25.7 Å². The van der Waals surface area contributed by atoms with Crippen molar-refractivity contribution in [3.63, 3.8) is 0 Å². The summed E-state index contributed by atoms with van der Waals surface area (Å²) in [6.45, 7) is 4.58. The van der Waals surface area contributed by atoms with E-state index >= 15 is 0 Å². The first-order chi connectivity index (χ1) is 9.61. The third kappa shape index (κ3) is 2.42. The van der Waals surface area contributed by atoms with Crippen LogP contribution in [0.3, 0.4) is 0 Å². The highest BCUT2D eigenvalue weighted by molar-refractivity contribution is 4.86. The number of rotatable bonds is 6. The van der Waals surface area contributed by atoms with E-state index in [0.29, 0.717) is 24.9 Å². The second-order valence-electron chi connectivity index (χ2n) is 5.85. The molecular weight excluding hydrogens is 258 g/mol. The number of allylic oxidation sites excluding steroid dienone is 1. The zero-order valence-electron chi connectivity index (χ0n) is 11.5. The van der Waals surface area contributed by atoms with Gasteiger partial charge < -0.3 is 0 Å². The van der Waals surface area contributed by atoms with Gasteiger partial charge >= 0.3 is 17.1 Å². The Morgan fingerprint density at radius 1 is 0.850 bits per heavy atom. The van der Waals surface area contributed by atoms with E-state index < -0.39 is 17.1 Å². The lowest BCUT2D eigenvalue weighted by molar-refractivity contribution is 0.434. The number of aromatic nitrogens is 3. The van der Waals surface area contributed by atoms with E-state index in [0.717, 1.165) is 30.3 Å². The van der Waals surface area contributed by atoms with Gasteiger partial charge in [-0.05, 0) is 37.5 Å². The molecule has 2 saturated carbocycles. The van der Waals surface area contributed by atoms with E-state index in [2.05, 4.69) is 6.58 Å². The largest absolute Gasteiger partial charge is 0.336 e. The topological polar surface area (TPSA) is 66.0 Å². The van der Waals surface area contributed by atoms with Gasteiger partial charge in [0.2, 0.25) is 0 Å². The molecule has 0 unspecified atom stereocenters. The highest BCUT2D eigenvalue weighted by Crippen LogP contribution is 2.30. The molecule has 0 aromatic carbocycles. The molecule has 108 valence electrons. The van der Waals surface area contributed by atoms with Gasteiger partial charge in [0.05, 0.1) is 6.54 Å². The number of nitrogens with zero attached hydrogens (tertiary/aromatic N) is 3. The van der Waals surface area contributed by atoms with Crippen LogP contribution in [0.2, 0.25) is 0 Å². The molecule has 0 saturated heterocycles. The average Bonchev–Trinajstić information content (AvgIpc) is 3.30. The summed E-state index contributed by atoms with van der Waals surface area (Å²) in [6, 6.07) is 0. The van der Waals surface area contributed by atoms with Gasteiger partial charge in [-0.3, -0.25) is 0 Å². The molecule has 0 amide bonds. The third-order valence-electron chi connectivity index (χ3n) is 3.97. The van der Waals surface area contributed by atoms with Crippen molar-refractivity contribution in [3.8, 4) is 0 Å². The van der Waals surface area contributed by atoms with Gasteiger partial charge in [-0.2, -0.15) is 0 Å². The molecule has 0 spiro atoms. The molecular formula is C14H19N3O3. The summed E-state index contributed by atoms with van der Waals surface area (Å²) in [5.74, 6) is 0.814. The smallest absolute Gasteiger partial charge is 0.247 e. The lowest BCUT2D eigenvalue weighted by Crippen LogP contribution is -2.54. The van der Waals surface area contributed by atoms with Crippen LogP contribution in [-0.4, -0.2) is 13.7 Å². The van der Waals surface area contributed by atoms with E-state index in [1.807, 2.05) is 0 Å². The van der Waals surface area contributed by atoms with Gasteiger partial charge in [-0.25, -0.2) is 28.1 Å².